The Labute approximate surface area is 285 Å². The zero-order valence-electron chi connectivity index (χ0n) is 17.8. The molecule has 0 atom stereocenters. The van der Waals surface area contributed by atoms with Crippen LogP contribution in [0.3, 0.4) is 0 Å². The van der Waals surface area contributed by atoms with Crippen molar-refractivity contribution < 1.29 is 0 Å². The zero-order valence-corrected chi connectivity index (χ0v) is 30.9. The highest BCUT2D eigenvalue weighted by Gasteiger charge is 0.672. The molecule has 0 aromatic rings. The molecule has 0 bridgehead atoms. The Balaban J connectivity index is -0.00000000610. The van der Waals surface area contributed by atoms with E-state index in [1.54, 1.807) is 0 Å². The molecule has 0 spiro atoms. The van der Waals surface area contributed by atoms with Gasteiger partial charge in [-0.05, 0) is 93.9 Å². The van der Waals surface area contributed by atoms with Gasteiger partial charge in [0.2, 0.25) is 0 Å². The summed E-state index contributed by atoms with van der Waals surface area (Å²) in [5.41, 5.74) is 0. The fourth-order valence-electron chi connectivity index (χ4n) is 0. The lowest BCUT2D eigenvalue weighted by Crippen LogP contribution is -0.661. The van der Waals surface area contributed by atoms with Gasteiger partial charge in [0.25, 0.3) is 0 Å². The maximum Gasteiger partial charge on any atom is -0.0351 e. The van der Waals surface area contributed by atoms with E-state index in [1.165, 1.54) is 0 Å². The van der Waals surface area contributed by atoms with Crippen molar-refractivity contribution in [3.8, 4) is 0 Å². The van der Waals surface area contributed by atoms with E-state index in [0.717, 1.165) is 0 Å². The van der Waals surface area contributed by atoms with E-state index in [9.17, 15) is 0 Å². The summed E-state index contributed by atoms with van der Waals surface area (Å²) in [5.74, 6) is 45.3. The minimum atomic E-state index is 2.83. The third-order valence-electron chi connectivity index (χ3n) is 0. The standard InChI is InChI=1S/16CH2S/c16*1-2/h16*1H2. The van der Waals surface area contributed by atoms with Crippen LogP contribution in [0, 0.1) is 0 Å². The molecule has 0 N–H and O–H groups in total. The van der Waals surface area contributed by atoms with E-state index >= 15 is 0 Å². The Morgan fingerprint density at radius 1 is 0.0938 bits per heavy atom. The molecule has 0 heterocycles. The van der Waals surface area contributed by atoms with Gasteiger partial charge in [0, 0.05) is 0 Å². The molecule has 0 aromatic carbocycles. The quantitative estimate of drug-likeness (QED) is 0.217. The molecule has 16 heteroatoms. The summed E-state index contributed by atoms with van der Waals surface area (Å²) in [6, 6.07) is 0. The van der Waals surface area contributed by atoms with E-state index in [-0.39, 0.29) is 0 Å². The van der Waals surface area contributed by atoms with Crippen molar-refractivity contribution in [2.45, 2.75) is 0 Å². The number of hydrogen-bond donors (Lipinski definition) is 0. The van der Waals surface area contributed by atoms with Gasteiger partial charge >= 0.3 is 0 Å². The minimum Gasteiger partial charge on any atom is -0.0973 e. The van der Waals surface area contributed by atoms with Crippen molar-refractivity contribution in [1.29, 1.82) is 0 Å². The molecule has 0 aromatic heterocycles. The molecular weight excluding hydrogens is 705 g/mol. The van der Waals surface area contributed by atoms with Crippen molar-refractivity contribution in [1.82, 2.24) is 0 Å². The predicted molar refractivity (Wildman–Crippen MR) is 235 cm³/mol. The van der Waals surface area contributed by atoms with Gasteiger partial charge < -0.3 is 0 Å². The predicted octanol–water partition coefficient (Wildman–Crippen LogP) is 9.85. The number of thiocarbonyl (C=S) groups is 16. The molecule has 0 unspecified atom stereocenters. The van der Waals surface area contributed by atoms with Crippen LogP contribution in [0.1, 0.15) is 0 Å². The second-order valence-corrected chi connectivity index (χ2v) is 0. The summed E-state index contributed by atoms with van der Waals surface area (Å²) < 4.78 is 0. The number of rotatable bonds is 0. The molecule has 0 aliphatic heterocycles. The lowest BCUT2D eigenvalue weighted by molar-refractivity contribution is 4.83. The van der Waals surface area contributed by atoms with Crippen LogP contribution in [0.15, 0.2) is 0 Å². The van der Waals surface area contributed by atoms with E-state index < -0.39 is 0 Å². The summed E-state index contributed by atoms with van der Waals surface area (Å²) in [4.78, 5) is 0. The van der Waals surface area contributed by atoms with Gasteiger partial charge in [0.15, 0.2) is 0 Å². The van der Waals surface area contributed by atoms with Crippen LogP contribution in [0.2, 0.25) is 0 Å². The van der Waals surface area contributed by atoms with Crippen LogP contribution in [0.5, 0.6) is 0 Å². The van der Waals surface area contributed by atoms with Gasteiger partial charge in [-0.15, -0.1) is 0 Å². The van der Waals surface area contributed by atoms with Crippen LogP contribution in [0.25, 0.3) is 0 Å². The van der Waals surface area contributed by atoms with E-state index in [0.29, 0.717) is 0 Å². The molecule has 0 rings (SSSR count). The van der Waals surface area contributed by atoms with E-state index in [4.69, 9.17) is 0 Å². The Morgan fingerprint density at radius 2 is 0.0938 bits per heavy atom. The van der Waals surface area contributed by atoms with Gasteiger partial charge in [0.1, 0.15) is 0 Å². The molecule has 0 aliphatic rings. The normalized spacial score (nSPS) is 2.00. The van der Waals surface area contributed by atoms with Gasteiger partial charge in [-0.3, -0.25) is 0 Å². The molecular formula is C16H32S16. The van der Waals surface area contributed by atoms with Crippen molar-refractivity contribution in [3.63, 3.8) is 0 Å². The Morgan fingerprint density at radius 3 is 0.0938 bits per heavy atom. The highest BCUT2D eigenvalue weighted by atomic mass is 32.1. The first kappa shape index (κ1) is 116. The van der Waals surface area contributed by atoms with Crippen LogP contribution < -0.4 is 0 Å². The fourth-order valence-corrected chi connectivity index (χ4v) is 0. The van der Waals surface area contributed by atoms with E-state index in [2.05, 4.69) is 289 Å². The monoisotopic (exact) mass is 736 g/mol. The Bertz CT molecular complexity index is 96.0. The minimum absolute atomic E-state index is 2.83. The topological polar surface area (TPSA) is 0 Å². The average molecular weight is 738 g/mol. The summed E-state index contributed by atoms with van der Waals surface area (Å²) in [6.07, 6.45) is 0. The van der Waals surface area contributed by atoms with Crippen LogP contribution in [-0.4, -0.2) is 93.9 Å². The third kappa shape index (κ3) is 14000. The first-order chi connectivity index (χ1) is 16.0. The third-order valence-corrected chi connectivity index (χ3v) is 0. The first-order valence-corrected chi connectivity index (χ1v) is 13.9. The fraction of sp³-hybridized carbons (Fsp3) is 0. The van der Waals surface area contributed by atoms with Gasteiger partial charge in [0.05, 0.1) is 0 Å². The lowest BCUT2D eigenvalue weighted by Gasteiger charge is -0.774. The Kier molecular flexibility index (Phi) is 55900. The van der Waals surface area contributed by atoms with Crippen molar-refractivity contribution in [2.24, 2.45) is 0 Å². The zero-order chi connectivity index (χ0) is 32.0. The SMILES string of the molecule is C=S.C=S.C=S.C=S.C=S.C=S.C=S.C=S.C=S.C=S.C=S.C=S.C=S.C=S.C=S.C=S. The van der Waals surface area contributed by atoms with Crippen LogP contribution in [-0.2, 0) is 0 Å². The molecule has 0 saturated carbocycles. The highest BCUT2D eigenvalue weighted by Crippen LogP contribution is 1.06. The van der Waals surface area contributed by atoms with Crippen LogP contribution >= 0.6 is 195 Å². The molecule has 0 amide bonds. The summed E-state index contributed by atoms with van der Waals surface area (Å²) in [7, 11) is 0. The van der Waals surface area contributed by atoms with Crippen LogP contribution in [0.4, 0.5) is 0 Å². The van der Waals surface area contributed by atoms with Gasteiger partial charge in [-0.25, -0.2) is 0 Å². The summed E-state index contributed by atoms with van der Waals surface area (Å²) >= 11 is 61.3. The maximum absolute atomic E-state index is 3.83. The van der Waals surface area contributed by atoms with Gasteiger partial charge in [-0.2, -0.15) is 0 Å². The average Bonchev–Trinajstić information content (AvgIpc) is 3.05. The summed E-state index contributed by atoms with van der Waals surface area (Å²) in [6.45, 7) is 0. The highest BCUT2D eigenvalue weighted by molar-refractivity contribution is 7.79. The molecule has 0 aliphatic carbocycles. The largest absolute Gasteiger partial charge is 0.0973 e. The van der Waals surface area contributed by atoms with E-state index in [1.807, 2.05) is 0 Å². The number of hydrogen-bond acceptors (Lipinski definition) is 16. The van der Waals surface area contributed by atoms with Gasteiger partial charge in [-0.1, -0.05) is 195 Å². The first-order valence-electron chi connectivity index (χ1n) is 4.62. The molecule has 0 saturated heterocycles. The lowest BCUT2D eigenvalue weighted by atomic mass is 12.0. The molecule has 0 nitrogen and oxygen atoms in total. The maximum atomic E-state index is 3.83. The molecule has 0 radical (unpaired) electrons. The van der Waals surface area contributed by atoms with Crippen molar-refractivity contribution in [3.05, 3.63) is 0 Å². The van der Waals surface area contributed by atoms with Crippen molar-refractivity contribution >= 4 is 289 Å². The molecule has 0 fully saturated rings. The second kappa shape index (κ2) is 15500. The summed E-state index contributed by atoms with van der Waals surface area (Å²) in [5, 5.41) is 0. The molecule has 32 heavy (non-hydrogen) atoms. The second-order valence-electron chi connectivity index (χ2n) is 0. The smallest absolute Gasteiger partial charge is 0.0351 e. The molecule has 192 valence electrons. The van der Waals surface area contributed by atoms with Crippen molar-refractivity contribution in [2.75, 3.05) is 0 Å². The Hall–Kier alpha value is 1.44.